The molecule has 1 aliphatic rings. The minimum absolute atomic E-state index is 0. The van der Waals surface area contributed by atoms with Gasteiger partial charge < -0.3 is 0 Å². The molecule has 0 heterocycles. The van der Waals surface area contributed by atoms with Crippen LogP contribution in [0.3, 0.4) is 0 Å². The van der Waals surface area contributed by atoms with Crippen molar-refractivity contribution in [3.8, 4) is 0 Å². The summed E-state index contributed by atoms with van der Waals surface area (Å²) >= 11 is 0. The van der Waals surface area contributed by atoms with E-state index in [2.05, 4.69) is 60.6 Å². The van der Waals surface area contributed by atoms with Crippen LogP contribution in [0.15, 0.2) is 12.1 Å². The second kappa shape index (κ2) is 9.96. The summed E-state index contributed by atoms with van der Waals surface area (Å²) < 4.78 is 0. The molecule has 3 rings (SSSR count). The van der Waals surface area contributed by atoms with Crippen molar-refractivity contribution >= 4 is 10.8 Å². The Morgan fingerprint density at radius 3 is 1.70 bits per heavy atom. The maximum Gasteiger partial charge on any atom is 0 e. The second-order valence-electron chi connectivity index (χ2n) is 6.74. The first-order valence-electron chi connectivity index (χ1n) is 7.15. The molecule has 0 unspecified atom stereocenters. The van der Waals surface area contributed by atoms with Crippen LogP contribution in [0.5, 0.6) is 0 Å². The zero-order valence-electron chi connectivity index (χ0n) is 15.5. The Morgan fingerprint density at radius 2 is 1.22 bits per heavy atom. The van der Waals surface area contributed by atoms with E-state index in [9.17, 15) is 0 Å². The minimum atomic E-state index is 0. The zero-order valence-corrected chi connectivity index (χ0v) is 26.8. The number of rotatable bonds is 0. The van der Waals surface area contributed by atoms with E-state index in [0.717, 1.165) is 0 Å². The largest absolute Gasteiger partial charge is 0.177 e. The first kappa shape index (κ1) is 28.2. The van der Waals surface area contributed by atoms with Crippen molar-refractivity contribution in [1.29, 1.82) is 0 Å². The van der Waals surface area contributed by atoms with Gasteiger partial charge in [-0.1, -0.05) is 63.3 Å². The summed E-state index contributed by atoms with van der Waals surface area (Å²) in [6.07, 6.45) is 0. The van der Waals surface area contributed by atoms with E-state index < -0.39 is 0 Å². The number of benzene rings is 2. The fourth-order valence-corrected chi connectivity index (χ4v) is 3.80. The predicted octanol–water partition coefficient (Wildman–Crippen LogP) is 5.30. The van der Waals surface area contributed by atoms with Gasteiger partial charge in [0.25, 0.3) is 0 Å². The standard InChI is InChI=1S/C19H23.4Y/c1-10-8-15-9-11(2)13(4)18-17(15)16(12(10)3)14(5)19(18,6)7;;;;/h8-9H,1-7H3;;;;/q-1;;;;. The van der Waals surface area contributed by atoms with Crippen LogP contribution in [-0.4, -0.2) is 0 Å². The van der Waals surface area contributed by atoms with Gasteiger partial charge in [-0.3, -0.25) is 0 Å². The smallest absolute Gasteiger partial charge is 0 e. The van der Waals surface area contributed by atoms with Crippen LogP contribution in [0.2, 0.25) is 0 Å². The van der Waals surface area contributed by atoms with Gasteiger partial charge >= 0.3 is 0 Å². The van der Waals surface area contributed by atoms with E-state index in [1.807, 2.05) is 0 Å². The van der Waals surface area contributed by atoms with Crippen LogP contribution < -0.4 is 0 Å². The van der Waals surface area contributed by atoms with Crippen molar-refractivity contribution in [2.45, 2.75) is 53.9 Å². The van der Waals surface area contributed by atoms with Crippen molar-refractivity contribution in [3.63, 3.8) is 0 Å². The molecule has 0 aliphatic heterocycles. The summed E-state index contributed by atoms with van der Waals surface area (Å²) in [6.45, 7) is 16.1. The van der Waals surface area contributed by atoms with Crippen LogP contribution in [0.25, 0.3) is 10.8 Å². The molecule has 1 aliphatic carbocycles. The Bertz CT molecular complexity index is 712. The number of hydrogen-bond donors (Lipinski definition) is 0. The zero-order chi connectivity index (χ0) is 14.1. The Morgan fingerprint density at radius 1 is 0.783 bits per heavy atom. The molecule has 112 valence electrons. The monoisotopic (exact) mass is 607 g/mol. The second-order valence-corrected chi connectivity index (χ2v) is 6.74. The third kappa shape index (κ3) is 4.37. The molecule has 2 aromatic carbocycles. The molecule has 0 amide bonds. The maximum absolute atomic E-state index is 2.37. The van der Waals surface area contributed by atoms with Gasteiger partial charge in [0.15, 0.2) is 0 Å². The molecule has 0 N–H and O–H groups in total. The Kier molecular flexibility index (Phi) is 12.2. The average molecular weight is 607 g/mol. The fourth-order valence-electron chi connectivity index (χ4n) is 3.80. The molecule has 2 aromatic rings. The van der Waals surface area contributed by atoms with Crippen LogP contribution in [-0.2, 0) is 136 Å². The Balaban J connectivity index is 0. The van der Waals surface area contributed by atoms with Gasteiger partial charge in [0, 0.05) is 131 Å². The third-order valence-electron chi connectivity index (χ3n) is 5.40. The molecule has 4 heteroatoms. The summed E-state index contributed by atoms with van der Waals surface area (Å²) in [6, 6.07) is 4.72. The molecular weight excluding hydrogens is 584 g/mol. The van der Waals surface area contributed by atoms with Crippen molar-refractivity contribution in [2.75, 3.05) is 0 Å². The molecule has 0 saturated carbocycles. The van der Waals surface area contributed by atoms with Crippen molar-refractivity contribution in [2.24, 2.45) is 0 Å². The van der Waals surface area contributed by atoms with E-state index in [1.54, 1.807) is 5.56 Å². The minimum Gasteiger partial charge on any atom is -0.177 e. The summed E-state index contributed by atoms with van der Waals surface area (Å²) in [5.41, 5.74) is 8.98. The van der Waals surface area contributed by atoms with Crippen LogP contribution >= 0.6 is 0 Å². The van der Waals surface area contributed by atoms with Crippen molar-refractivity contribution in [1.82, 2.24) is 0 Å². The van der Waals surface area contributed by atoms with Gasteiger partial charge in [-0.05, 0) is 24.8 Å². The molecule has 0 atom stereocenters. The molecule has 0 nitrogen and oxygen atoms in total. The fraction of sp³-hybridized carbons (Fsp3) is 0.421. The van der Waals surface area contributed by atoms with Gasteiger partial charge in [0.05, 0.1) is 0 Å². The first-order chi connectivity index (χ1) is 8.76. The van der Waals surface area contributed by atoms with Crippen molar-refractivity contribution < 1.29 is 131 Å². The van der Waals surface area contributed by atoms with E-state index >= 15 is 0 Å². The van der Waals surface area contributed by atoms with E-state index in [0.29, 0.717) is 0 Å². The summed E-state index contributed by atoms with van der Waals surface area (Å²) in [7, 11) is 0. The maximum atomic E-state index is 2.37. The Labute approximate surface area is 242 Å². The molecule has 0 bridgehead atoms. The summed E-state index contributed by atoms with van der Waals surface area (Å²) in [5.74, 6) is 1.53. The molecule has 0 spiro atoms. The van der Waals surface area contributed by atoms with E-state index in [-0.39, 0.29) is 136 Å². The first-order valence-corrected chi connectivity index (χ1v) is 7.15. The molecule has 0 saturated heterocycles. The number of hydrogen-bond acceptors (Lipinski definition) is 0. The molecular formula is C19H23Y4-. The van der Waals surface area contributed by atoms with Gasteiger partial charge in [-0.25, -0.2) is 0 Å². The van der Waals surface area contributed by atoms with Crippen LogP contribution in [0.4, 0.5) is 0 Å². The average Bonchev–Trinajstić information content (AvgIpc) is 2.53. The Hall–Kier alpha value is 2.99. The summed E-state index contributed by atoms with van der Waals surface area (Å²) in [4.78, 5) is 0. The van der Waals surface area contributed by atoms with Gasteiger partial charge in [-0.15, -0.1) is 16.5 Å². The molecule has 0 aromatic heterocycles. The van der Waals surface area contributed by atoms with Gasteiger partial charge in [-0.2, -0.15) is 11.5 Å². The van der Waals surface area contributed by atoms with Crippen LogP contribution in [0.1, 0.15) is 54.2 Å². The van der Waals surface area contributed by atoms with Crippen LogP contribution in [0, 0.1) is 33.6 Å². The van der Waals surface area contributed by atoms with Gasteiger partial charge in [0.2, 0.25) is 0 Å². The number of aryl methyl sites for hydroxylation is 2. The molecule has 4 radical (unpaired) electrons. The van der Waals surface area contributed by atoms with E-state index in [4.69, 9.17) is 0 Å². The predicted molar refractivity (Wildman–Crippen MR) is 83.9 cm³/mol. The molecule has 0 fully saturated rings. The SMILES string of the molecule is Cc1cc2cc(C)c(C)c3c2c(c1C)[C-](C)C3(C)C.[Y].[Y].[Y].[Y]. The van der Waals surface area contributed by atoms with E-state index in [1.165, 1.54) is 44.5 Å². The molecule has 23 heavy (non-hydrogen) atoms. The quantitative estimate of drug-likeness (QED) is 0.358. The van der Waals surface area contributed by atoms with Crippen molar-refractivity contribution in [3.05, 3.63) is 51.4 Å². The topological polar surface area (TPSA) is 0 Å². The summed E-state index contributed by atoms with van der Waals surface area (Å²) in [5, 5.41) is 2.93. The van der Waals surface area contributed by atoms with Gasteiger partial charge in [0.1, 0.15) is 0 Å². The third-order valence-corrected chi connectivity index (χ3v) is 5.40. The normalized spacial score (nSPS) is 13.6.